The van der Waals surface area contributed by atoms with Gasteiger partial charge in [0.1, 0.15) is 23.1 Å². The van der Waals surface area contributed by atoms with Gasteiger partial charge in [-0.15, -0.1) is 0 Å². The average Bonchev–Trinajstić information content (AvgIpc) is 2.84. The first kappa shape index (κ1) is 24.6. The SMILES string of the molecule is COc1ccccc1NC(=O)/C(C#N)=C/c1ccc(OCC(=O)Nc2ccc(Cl)c(Cl)c2)cc1. The van der Waals surface area contributed by atoms with E-state index in [9.17, 15) is 14.9 Å². The topological polar surface area (TPSA) is 100 Å². The molecule has 0 fully saturated rings. The van der Waals surface area contributed by atoms with E-state index in [4.69, 9.17) is 32.7 Å². The molecule has 172 valence electrons. The summed E-state index contributed by atoms with van der Waals surface area (Å²) in [5.74, 6) is -0.00954. The predicted molar refractivity (Wildman–Crippen MR) is 132 cm³/mol. The molecule has 7 nitrogen and oxygen atoms in total. The molecule has 0 spiro atoms. The highest BCUT2D eigenvalue weighted by molar-refractivity contribution is 6.42. The maximum atomic E-state index is 12.5. The predicted octanol–water partition coefficient (Wildman–Crippen LogP) is 5.57. The molecule has 9 heteroatoms. The number of halogens is 2. The second kappa shape index (κ2) is 11.8. The van der Waals surface area contributed by atoms with E-state index in [1.165, 1.54) is 13.2 Å². The van der Waals surface area contributed by atoms with E-state index >= 15 is 0 Å². The molecule has 0 unspecified atom stereocenters. The molecule has 0 atom stereocenters. The quantitative estimate of drug-likeness (QED) is 0.314. The zero-order chi connectivity index (χ0) is 24.5. The minimum atomic E-state index is -0.564. The van der Waals surface area contributed by atoms with Crippen molar-refractivity contribution in [3.05, 3.63) is 87.9 Å². The van der Waals surface area contributed by atoms with Crippen LogP contribution >= 0.6 is 23.2 Å². The molecule has 34 heavy (non-hydrogen) atoms. The van der Waals surface area contributed by atoms with Gasteiger partial charge in [0.25, 0.3) is 11.8 Å². The van der Waals surface area contributed by atoms with E-state index < -0.39 is 5.91 Å². The summed E-state index contributed by atoms with van der Waals surface area (Å²) in [5, 5.41) is 15.5. The average molecular weight is 496 g/mol. The number of amides is 2. The van der Waals surface area contributed by atoms with Gasteiger partial charge in [0, 0.05) is 5.69 Å². The zero-order valence-electron chi connectivity index (χ0n) is 18.0. The fraction of sp³-hybridized carbons (Fsp3) is 0.0800. The number of methoxy groups -OCH3 is 1. The van der Waals surface area contributed by atoms with Gasteiger partial charge in [-0.25, -0.2) is 0 Å². The van der Waals surface area contributed by atoms with Crippen LogP contribution in [0.15, 0.2) is 72.3 Å². The molecule has 0 heterocycles. The highest BCUT2D eigenvalue weighted by Crippen LogP contribution is 2.25. The number of hydrogen-bond acceptors (Lipinski definition) is 5. The number of benzene rings is 3. The van der Waals surface area contributed by atoms with Crippen LogP contribution in [0.25, 0.3) is 6.08 Å². The number of nitrogens with zero attached hydrogens (tertiary/aromatic N) is 1. The van der Waals surface area contributed by atoms with E-state index in [-0.39, 0.29) is 18.1 Å². The summed E-state index contributed by atoms with van der Waals surface area (Å²) in [6, 6.07) is 20.1. The normalized spacial score (nSPS) is 10.7. The van der Waals surface area contributed by atoms with E-state index in [0.29, 0.717) is 38.5 Å². The number of nitrogens with one attached hydrogen (secondary N) is 2. The molecular formula is C25H19Cl2N3O4. The fourth-order valence-corrected chi connectivity index (χ4v) is 3.13. The van der Waals surface area contributed by atoms with Crippen LogP contribution in [0.5, 0.6) is 11.5 Å². The molecule has 0 saturated heterocycles. The van der Waals surface area contributed by atoms with Gasteiger partial charge in [-0.1, -0.05) is 47.5 Å². The van der Waals surface area contributed by atoms with Crippen LogP contribution in [0.4, 0.5) is 11.4 Å². The lowest BCUT2D eigenvalue weighted by molar-refractivity contribution is -0.118. The molecule has 3 aromatic rings. The van der Waals surface area contributed by atoms with Crippen LogP contribution in [-0.2, 0) is 9.59 Å². The second-order valence-electron chi connectivity index (χ2n) is 6.86. The summed E-state index contributed by atoms with van der Waals surface area (Å²) in [6.07, 6.45) is 1.45. The first-order chi connectivity index (χ1) is 16.4. The van der Waals surface area contributed by atoms with Crippen LogP contribution in [0.3, 0.4) is 0 Å². The third-order valence-corrected chi connectivity index (χ3v) is 5.22. The number of anilines is 2. The van der Waals surface area contributed by atoms with Gasteiger partial charge < -0.3 is 20.1 Å². The van der Waals surface area contributed by atoms with Crippen molar-refractivity contribution in [2.45, 2.75) is 0 Å². The number of para-hydroxylation sites is 2. The molecule has 0 aliphatic heterocycles. The fourth-order valence-electron chi connectivity index (χ4n) is 2.83. The molecule has 0 aliphatic carbocycles. The van der Waals surface area contributed by atoms with Gasteiger partial charge in [-0.3, -0.25) is 9.59 Å². The highest BCUT2D eigenvalue weighted by atomic mass is 35.5. The van der Waals surface area contributed by atoms with Gasteiger partial charge in [0.05, 0.1) is 22.8 Å². The highest BCUT2D eigenvalue weighted by Gasteiger charge is 2.12. The van der Waals surface area contributed by atoms with Crippen LogP contribution in [0, 0.1) is 11.3 Å². The Kier molecular flexibility index (Phi) is 8.52. The number of carbonyl (C=O) groups is 2. The van der Waals surface area contributed by atoms with E-state index in [0.717, 1.165) is 0 Å². The largest absolute Gasteiger partial charge is 0.495 e. The van der Waals surface area contributed by atoms with Gasteiger partial charge in [0.15, 0.2) is 6.61 Å². The Bertz CT molecular complexity index is 1270. The number of nitriles is 1. The van der Waals surface area contributed by atoms with Crippen molar-refractivity contribution in [1.29, 1.82) is 5.26 Å². The van der Waals surface area contributed by atoms with Gasteiger partial charge >= 0.3 is 0 Å². The molecule has 3 aromatic carbocycles. The molecule has 0 radical (unpaired) electrons. The third-order valence-electron chi connectivity index (χ3n) is 4.48. The Balaban J connectivity index is 1.59. The van der Waals surface area contributed by atoms with Crippen molar-refractivity contribution in [3.63, 3.8) is 0 Å². The van der Waals surface area contributed by atoms with Crippen molar-refractivity contribution < 1.29 is 19.1 Å². The lowest BCUT2D eigenvalue weighted by atomic mass is 10.1. The molecule has 0 saturated carbocycles. The van der Waals surface area contributed by atoms with Crippen LogP contribution in [0.1, 0.15) is 5.56 Å². The van der Waals surface area contributed by atoms with Gasteiger partial charge in [0.2, 0.25) is 0 Å². The molecule has 2 N–H and O–H groups in total. The second-order valence-corrected chi connectivity index (χ2v) is 7.67. The maximum Gasteiger partial charge on any atom is 0.266 e. The lowest BCUT2D eigenvalue weighted by Gasteiger charge is -2.09. The van der Waals surface area contributed by atoms with E-state index in [1.807, 2.05) is 6.07 Å². The Morgan fingerprint density at radius 3 is 2.41 bits per heavy atom. The number of carbonyl (C=O) groups excluding carboxylic acids is 2. The Labute approximate surface area is 206 Å². The van der Waals surface area contributed by atoms with Crippen molar-refractivity contribution in [1.82, 2.24) is 0 Å². The maximum absolute atomic E-state index is 12.5. The van der Waals surface area contributed by atoms with Gasteiger partial charge in [-0.2, -0.15) is 5.26 Å². The van der Waals surface area contributed by atoms with Crippen LogP contribution < -0.4 is 20.1 Å². The number of ether oxygens (including phenoxy) is 2. The van der Waals surface area contributed by atoms with Crippen LogP contribution in [0.2, 0.25) is 10.0 Å². The molecule has 0 aliphatic rings. The summed E-state index contributed by atoms with van der Waals surface area (Å²) in [5.41, 5.74) is 1.48. The summed E-state index contributed by atoms with van der Waals surface area (Å²) < 4.78 is 10.7. The van der Waals surface area contributed by atoms with Gasteiger partial charge in [-0.05, 0) is 54.1 Å². The van der Waals surface area contributed by atoms with Crippen molar-refractivity contribution in [2.75, 3.05) is 24.4 Å². The Morgan fingerprint density at radius 1 is 1.00 bits per heavy atom. The lowest BCUT2D eigenvalue weighted by Crippen LogP contribution is -2.20. The van der Waals surface area contributed by atoms with E-state index in [2.05, 4.69) is 10.6 Å². The first-order valence-corrected chi connectivity index (χ1v) is 10.7. The third kappa shape index (κ3) is 6.75. The molecule has 0 aromatic heterocycles. The smallest absolute Gasteiger partial charge is 0.266 e. The Hall–Kier alpha value is -3.99. The summed E-state index contributed by atoms with van der Waals surface area (Å²) >= 11 is 11.8. The number of rotatable bonds is 8. The zero-order valence-corrected chi connectivity index (χ0v) is 19.5. The minimum absolute atomic E-state index is 0.0828. The van der Waals surface area contributed by atoms with Crippen molar-refractivity contribution in [2.24, 2.45) is 0 Å². The van der Waals surface area contributed by atoms with Crippen molar-refractivity contribution in [3.8, 4) is 17.6 Å². The summed E-state index contributed by atoms with van der Waals surface area (Å²) in [4.78, 5) is 24.6. The summed E-state index contributed by atoms with van der Waals surface area (Å²) in [6.45, 7) is -0.222. The van der Waals surface area contributed by atoms with Crippen LogP contribution in [-0.4, -0.2) is 25.5 Å². The van der Waals surface area contributed by atoms with E-state index in [1.54, 1.807) is 66.7 Å². The Morgan fingerprint density at radius 2 is 1.74 bits per heavy atom. The number of hydrogen-bond donors (Lipinski definition) is 2. The standard InChI is InChI=1S/C25H19Cl2N3O4/c1-33-23-5-3-2-4-22(23)30-25(32)17(14-28)12-16-6-9-19(10-7-16)34-15-24(31)29-18-8-11-20(26)21(27)13-18/h2-13H,15H2,1H3,(H,29,31)(H,30,32)/b17-12+. The van der Waals surface area contributed by atoms with Crippen molar-refractivity contribution >= 4 is 52.5 Å². The first-order valence-electron chi connectivity index (χ1n) is 9.93. The molecule has 3 rings (SSSR count). The summed E-state index contributed by atoms with van der Waals surface area (Å²) in [7, 11) is 1.49. The monoisotopic (exact) mass is 495 g/mol. The molecule has 0 bridgehead atoms. The molecule has 2 amide bonds. The molecular weight excluding hydrogens is 477 g/mol. The minimum Gasteiger partial charge on any atom is -0.495 e.